The molecule has 1 saturated heterocycles. The second kappa shape index (κ2) is 8.10. The van der Waals surface area contributed by atoms with Crippen LogP contribution in [0.2, 0.25) is 5.02 Å². The molecule has 29 heavy (non-hydrogen) atoms. The number of carbonyl (C=O) groups excluding carboxylic acids is 1. The fraction of sp³-hybridized carbons (Fsp3) is 0.316. The third-order valence-corrected chi connectivity index (χ3v) is 7.23. The van der Waals surface area contributed by atoms with Crippen molar-refractivity contribution in [1.29, 1.82) is 0 Å². The van der Waals surface area contributed by atoms with Crippen LogP contribution in [-0.4, -0.2) is 54.6 Å². The largest absolute Gasteiger partial charge is 0.336 e. The van der Waals surface area contributed by atoms with Gasteiger partial charge in [-0.25, -0.2) is 8.42 Å². The molecule has 0 radical (unpaired) electrons. The van der Waals surface area contributed by atoms with E-state index in [1.165, 1.54) is 21.3 Å². The summed E-state index contributed by atoms with van der Waals surface area (Å²) < 4.78 is 27.4. The van der Waals surface area contributed by atoms with Gasteiger partial charge in [0.1, 0.15) is 0 Å². The first-order valence-corrected chi connectivity index (χ1v) is 10.7. The summed E-state index contributed by atoms with van der Waals surface area (Å²) in [7, 11) is -3.66. The minimum atomic E-state index is -3.66. The van der Waals surface area contributed by atoms with Gasteiger partial charge >= 0.3 is 0 Å². The lowest BCUT2D eigenvalue weighted by atomic mass is 10.1. The van der Waals surface area contributed by atoms with Crippen LogP contribution >= 0.6 is 11.6 Å². The Kier molecular flexibility index (Phi) is 5.92. The smallest absolute Gasteiger partial charge is 0.270 e. The fourth-order valence-corrected chi connectivity index (χ4v) is 5.20. The van der Waals surface area contributed by atoms with Crippen LogP contribution in [0.25, 0.3) is 0 Å². The zero-order chi connectivity index (χ0) is 21.3. The van der Waals surface area contributed by atoms with Crippen LogP contribution in [0.5, 0.6) is 0 Å². The summed E-state index contributed by atoms with van der Waals surface area (Å²) in [4.78, 5) is 24.7. The summed E-state index contributed by atoms with van der Waals surface area (Å²) >= 11 is 6.04. The average Bonchev–Trinajstić information content (AvgIpc) is 2.69. The number of nitro benzene ring substituents is 1. The number of halogens is 1. The molecule has 154 valence electrons. The van der Waals surface area contributed by atoms with Gasteiger partial charge < -0.3 is 4.90 Å². The molecule has 1 fully saturated rings. The Morgan fingerprint density at radius 3 is 2.31 bits per heavy atom. The monoisotopic (exact) mass is 437 g/mol. The highest BCUT2D eigenvalue weighted by molar-refractivity contribution is 7.89. The second-order valence-corrected chi connectivity index (χ2v) is 9.20. The molecule has 0 spiro atoms. The molecule has 1 aliphatic rings. The molecule has 1 heterocycles. The summed E-state index contributed by atoms with van der Waals surface area (Å²) in [5.41, 5.74) is 1.49. The Morgan fingerprint density at radius 1 is 1.07 bits per heavy atom. The van der Waals surface area contributed by atoms with Crippen molar-refractivity contribution in [3.05, 3.63) is 68.2 Å². The van der Waals surface area contributed by atoms with Crippen LogP contribution in [0.4, 0.5) is 5.69 Å². The van der Waals surface area contributed by atoms with Crippen LogP contribution in [-0.2, 0) is 10.0 Å². The van der Waals surface area contributed by atoms with Crippen molar-refractivity contribution in [3.8, 4) is 0 Å². The number of benzene rings is 2. The first-order valence-electron chi connectivity index (χ1n) is 8.92. The first-order chi connectivity index (χ1) is 13.6. The van der Waals surface area contributed by atoms with Crippen molar-refractivity contribution < 1.29 is 18.1 Å². The molecular formula is C19H20ClN3O5S. The molecule has 0 aliphatic carbocycles. The summed E-state index contributed by atoms with van der Waals surface area (Å²) in [5, 5.41) is 10.8. The Hall–Kier alpha value is -2.49. The average molecular weight is 438 g/mol. The number of carbonyl (C=O) groups is 1. The molecule has 8 nitrogen and oxygen atoms in total. The number of rotatable bonds is 4. The van der Waals surface area contributed by atoms with Crippen LogP contribution < -0.4 is 0 Å². The zero-order valence-electron chi connectivity index (χ0n) is 16.0. The summed E-state index contributed by atoms with van der Waals surface area (Å²) in [6.07, 6.45) is 0. The number of piperazine rings is 1. The van der Waals surface area contributed by atoms with Crippen LogP contribution in [0.15, 0.2) is 41.3 Å². The molecule has 10 heteroatoms. The molecule has 0 bridgehead atoms. The van der Waals surface area contributed by atoms with E-state index in [1.54, 1.807) is 19.1 Å². The molecule has 0 N–H and O–H groups in total. The quantitative estimate of drug-likeness (QED) is 0.540. The molecule has 2 aromatic carbocycles. The van der Waals surface area contributed by atoms with Gasteiger partial charge in [-0.2, -0.15) is 4.31 Å². The highest BCUT2D eigenvalue weighted by Gasteiger charge is 2.32. The van der Waals surface area contributed by atoms with E-state index in [2.05, 4.69) is 0 Å². The van der Waals surface area contributed by atoms with Crippen molar-refractivity contribution in [1.82, 2.24) is 9.21 Å². The van der Waals surface area contributed by atoms with E-state index in [0.717, 1.165) is 11.6 Å². The van der Waals surface area contributed by atoms with E-state index in [0.29, 0.717) is 5.56 Å². The molecule has 3 rings (SSSR count). The number of nitrogens with zero attached hydrogens (tertiary/aromatic N) is 3. The van der Waals surface area contributed by atoms with Gasteiger partial charge in [0.2, 0.25) is 10.0 Å². The Balaban J connectivity index is 1.74. The Labute approximate surface area is 173 Å². The van der Waals surface area contributed by atoms with Crippen molar-refractivity contribution >= 4 is 33.2 Å². The maximum Gasteiger partial charge on any atom is 0.270 e. The topological polar surface area (TPSA) is 101 Å². The molecule has 0 unspecified atom stereocenters. The van der Waals surface area contributed by atoms with Gasteiger partial charge in [-0.1, -0.05) is 23.7 Å². The summed E-state index contributed by atoms with van der Waals surface area (Å²) in [5.74, 6) is -0.381. The number of non-ortho nitro benzene ring substituents is 1. The highest BCUT2D eigenvalue weighted by Crippen LogP contribution is 2.26. The Bertz CT molecular complexity index is 1080. The maximum absolute atomic E-state index is 13.0. The lowest BCUT2D eigenvalue weighted by molar-refractivity contribution is -0.384. The number of sulfonamides is 1. The summed E-state index contributed by atoms with van der Waals surface area (Å²) in [6.45, 7) is 4.32. The number of amides is 1. The number of nitro groups is 1. The van der Waals surface area contributed by atoms with E-state index in [9.17, 15) is 23.3 Å². The van der Waals surface area contributed by atoms with Gasteiger partial charge in [0, 0.05) is 38.3 Å². The van der Waals surface area contributed by atoms with Crippen molar-refractivity contribution in [2.75, 3.05) is 26.2 Å². The predicted octanol–water partition coefficient (Wildman–Crippen LogP) is 3.01. The molecular weight excluding hydrogens is 418 g/mol. The van der Waals surface area contributed by atoms with Gasteiger partial charge in [0.05, 0.1) is 20.4 Å². The SMILES string of the molecule is Cc1ccc(C)c(S(=O)(=O)N2CCN(C(=O)c3ccc([N+](=O)[O-])cc3Cl)CC2)c1. The van der Waals surface area contributed by atoms with Gasteiger partial charge in [-0.05, 0) is 37.1 Å². The van der Waals surface area contributed by atoms with E-state index >= 15 is 0 Å². The standard InChI is InChI=1S/C19H20ClN3O5S/c1-13-3-4-14(2)18(11-13)29(27,28)22-9-7-21(8-10-22)19(24)16-6-5-15(23(25)26)12-17(16)20/h3-6,11-12H,7-10H2,1-2H3. The molecule has 1 aliphatic heterocycles. The maximum atomic E-state index is 13.0. The zero-order valence-corrected chi connectivity index (χ0v) is 17.5. The van der Waals surface area contributed by atoms with E-state index in [1.807, 2.05) is 13.0 Å². The van der Waals surface area contributed by atoms with E-state index in [4.69, 9.17) is 11.6 Å². The number of aryl methyl sites for hydroxylation is 2. The van der Waals surface area contributed by atoms with Gasteiger partial charge in [-0.3, -0.25) is 14.9 Å². The minimum absolute atomic E-state index is 0.00497. The third-order valence-electron chi connectivity index (χ3n) is 4.88. The predicted molar refractivity (Wildman–Crippen MR) is 109 cm³/mol. The van der Waals surface area contributed by atoms with Gasteiger partial charge in [0.15, 0.2) is 0 Å². The van der Waals surface area contributed by atoms with Gasteiger partial charge in [0.25, 0.3) is 11.6 Å². The fourth-order valence-electron chi connectivity index (χ4n) is 3.22. The number of hydrogen-bond acceptors (Lipinski definition) is 5. The molecule has 0 atom stereocenters. The molecule has 0 aromatic heterocycles. The molecule has 1 amide bonds. The number of hydrogen-bond donors (Lipinski definition) is 0. The minimum Gasteiger partial charge on any atom is -0.336 e. The highest BCUT2D eigenvalue weighted by atomic mass is 35.5. The van der Waals surface area contributed by atoms with Crippen molar-refractivity contribution in [2.45, 2.75) is 18.7 Å². The normalized spacial score (nSPS) is 15.3. The third kappa shape index (κ3) is 4.26. The Morgan fingerprint density at radius 2 is 1.72 bits per heavy atom. The lowest BCUT2D eigenvalue weighted by Crippen LogP contribution is -2.50. The van der Waals surface area contributed by atoms with Crippen LogP contribution in [0.1, 0.15) is 21.5 Å². The van der Waals surface area contributed by atoms with Crippen LogP contribution in [0.3, 0.4) is 0 Å². The second-order valence-electron chi connectivity index (χ2n) is 6.89. The lowest BCUT2D eigenvalue weighted by Gasteiger charge is -2.34. The summed E-state index contributed by atoms with van der Waals surface area (Å²) in [6, 6.07) is 8.97. The molecule has 2 aromatic rings. The van der Waals surface area contributed by atoms with Crippen molar-refractivity contribution in [2.24, 2.45) is 0 Å². The van der Waals surface area contributed by atoms with Crippen molar-refractivity contribution in [3.63, 3.8) is 0 Å². The van der Waals surface area contributed by atoms with Gasteiger partial charge in [-0.15, -0.1) is 0 Å². The van der Waals surface area contributed by atoms with E-state index < -0.39 is 14.9 Å². The van der Waals surface area contributed by atoms with Crippen LogP contribution in [0, 0.1) is 24.0 Å². The van der Waals surface area contributed by atoms with E-state index in [-0.39, 0.29) is 53.3 Å². The first kappa shape index (κ1) is 21.2. The molecule has 0 saturated carbocycles.